The molecule has 0 saturated heterocycles. The van der Waals surface area contributed by atoms with E-state index < -0.39 is 10.0 Å². The molecule has 1 saturated carbocycles. The number of hydrogen-bond donors (Lipinski definition) is 2. The largest absolute Gasteiger partial charge is 0.507 e. The molecule has 1 aliphatic carbocycles. The molecule has 0 radical (unpaired) electrons. The molecule has 0 unspecified atom stereocenters. The molecule has 0 spiro atoms. The predicted molar refractivity (Wildman–Crippen MR) is 82.6 cm³/mol. The summed E-state index contributed by atoms with van der Waals surface area (Å²) in [6.45, 7) is 0.421. The van der Waals surface area contributed by atoms with Crippen LogP contribution < -0.4 is 4.72 Å². The van der Waals surface area contributed by atoms with Gasteiger partial charge < -0.3 is 5.11 Å². The van der Waals surface area contributed by atoms with Gasteiger partial charge in [0, 0.05) is 11.3 Å². The minimum atomic E-state index is -3.65. The molecule has 2 rings (SSSR count). The third-order valence-corrected chi connectivity index (χ3v) is 6.80. The van der Waals surface area contributed by atoms with Crippen LogP contribution in [0, 0.1) is 0 Å². The summed E-state index contributed by atoms with van der Waals surface area (Å²) in [6.07, 6.45) is 7.65. The number of rotatable bonds is 5. The molecule has 0 bridgehead atoms. The van der Waals surface area contributed by atoms with Gasteiger partial charge in [-0.2, -0.15) is 11.8 Å². The van der Waals surface area contributed by atoms with Gasteiger partial charge in [-0.05, 0) is 31.2 Å². The normalized spacial score (nSPS) is 18.9. The number of sulfonamides is 1. The number of aromatic hydroxyl groups is 1. The van der Waals surface area contributed by atoms with Crippen LogP contribution in [0.4, 0.5) is 0 Å². The van der Waals surface area contributed by atoms with Crippen molar-refractivity contribution in [2.75, 3.05) is 12.8 Å². The van der Waals surface area contributed by atoms with Gasteiger partial charge in [0.05, 0.1) is 0 Å². The van der Waals surface area contributed by atoms with Gasteiger partial charge in [0.25, 0.3) is 0 Å². The number of benzene rings is 1. The van der Waals surface area contributed by atoms with E-state index in [4.69, 9.17) is 0 Å². The molecule has 0 aromatic heterocycles. The molecule has 1 aromatic carbocycles. The second-order valence-electron chi connectivity index (χ2n) is 5.24. The fraction of sp³-hybridized carbons (Fsp3) is 0.571. The highest BCUT2D eigenvalue weighted by atomic mass is 32.2. The van der Waals surface area contributed by atoms with Crippen LogP contribution in [0.2, 0.25) is 0 Å². The summed E-state index contributed by atoms with van der Waals surface area (Å²) in [5.41, 5.74) is 0. The zero-order valence-corrected chi connectivity index (χ0v) is 13.3. The standard InChI is InChI=1S/C14H21NO3S2/c1-19-14(9-5-2-6-10-14)11-15-20(17,18)13-8-4-3-7-12(13)16/h3-4,7-8,15-16H,2,5-6,9-11H2,1H3. The molecule has 0 aliphatic heterocycles. The molecular formula is C14H21NO3S2. The van der Waals surface area contributed by atoms with Crippen LogP contribution in [0.1, 0.15) is 32.1 Å². The lowest BCUT2D eigenvalue weighted by atomic mass is 9.88. The molecule has 0 atom stereocenters. The zero-order chi connectivity index (χ0) is 14.6. The molecule has 112 valence electrons. The van der Waals surface area contributed by atoms with E-state index in [0.717, 1.165) is 25.7 Å². The Hall–Kier alpha value is -0.720. The van der Waals surface area contributed by atoms with E-state index in [9.17, 15) is 13.5 Å². The lowest BCUT2D eigenvalue weighted by molar-refractivity contribution is 0.394. The van der Waals surface area contributed by atoms with Crippen molar-refractivity contribution in [2.24, 2.45) is 0 Å². The Bertz CT molecular complexity index is 551. The van der Waals surface area contributed by atoms with E-state index in [1.165, 1.54) is 18.6 Å². The summed E-state index contributed by atoms with van der Waals surface area (Å²) in [4.78, 5) is -0.0490. The predicted octanol–water partition coefficient (Wildman–Crippen LogP) is 2.74. The molecule has 0 amide bonds. The van der Waals surface area contributed by atoms with Crippen LogP contribution in [-0.2, 0) is 10.0 Å². The maximum atomic E-state index is 12.3. The SMILES string of the molecule is CSC1(CNS(=O)(=O)c2ccccc2O)CCCCC1. The maximum Gasteiger partial charge on any atom is 0.244 e. The third-order valence-electron chi connectivity index (χ3n) is 3.94. The maximum absolute atomic E-state index is 12.3. The van der Waals surface area contributed by atoms with Crippen molar-refractivity contribution in [3.05, 3.63) is 24.3 Å². The second-order valence-corrected chi connectivity index (χ2v) is 8.25. The van der Waals surface area contributed by atoms with Crippen molar-refractivity contribution in [1.82, 2.24) is 4.72 Å². The van der Waals surface area contributed by atoms with E-state index >= 15 is 0 Å². The van der Waals surface area contributed by atoms with E-state index in [-0.39, 0.29) is 15.4 Å². The first kappa shape index (κ1) is 15.7. The Morgan fingerprint density at radius 2 is 1.90 bits per heavy atom. The average Bonchev–Trinajstić information content (AvgIpc) is 2.47. The van der Waals surface area contributed by atoms with Crippen molar-refractivity contribution in [2.45, 2.75) is 41.7 Å². The van der Waals surface area contributed by atoms with Crippen LogP contribution in [0.15, 0.2) is 29.2 Å². The first-order valence-electron chi connectivity index (χ1n) is 6.82. The lowest BCUT2D eigenvalue weighted by Crippen LogP contribution is -2.41. The summed E-state index contributed by atoms with van der Waals surface area (Å²) < 4.78 is 27.2. The zero-order valence-electron chi connectivity index (χ0n) is 11.6. The summed E-state index contributed by atoms with van der Waals surface area (Å²) in [5, 5.41) is 9.68. The molecule has 6 heteroatoms. The highest BCUT2D eigenvalue weighted by Crippen LogP contribution is 2.38. The summed E-state index contributed by atoms with van der Waals surface area (Å²) >= 11 is 1.74. The van der Waals surface area contributed by atoms with E-state index in [1.807, 2.05) is 6.26 Å². The van der Waals surface area contributed by atoms with E-state index in [2.05, 4.69) is 4.72 Å². The Balaban J connectivity index is 2.11. The van der Waals surface area contributed by atoms with E-state index in [0.29, 0.717) is 6.54 Å². The molecule has 1 fully saturated rings. The fourth-order valence-electron chi connectivity index (χ4n) is 2.64. The quantitative estimate of drug-likeness (QED) is 0.877. The number of phenolic OH excluding ortho intramolecular Hbond substituents is 1. The van der Waals surface area contributed by atoms with Crippen molar-refractivity contribution in [3.63, 3.8) is 0 Å². The van der Waals surface area contributed by atoms with Gasteiger partial charge in [0.1, 0.15) is 10.6 Å². The molecule has 2 N–H and O–H groups in total. The highest BCUT2D eigenvalue weighted by Gasteiger charge is 2.33. The number of thioether (sulfide) groups is 1. The smallest absolute Gasteiger partial charge is 0.244 e. The highest BCUT2D eigenvalue weighted by molar-refractivity contribution is 8.00. The molecule has 1 aliphatic rings. The minimum absolute atomic E-state index is 0.00425. The molecule has 0 heterocycles. The third kappa shape index (κ3) is 3.48. The summed E-state index contributed by atoms with van der Waals surface area (Å²) in [7, 11) is -3.65. The Morgan fingerprint density at radius 3 is 2.50 bits per heavy atom. The van der Waals surface area contributed by atoms with Gasteiger partial charge in [0.15, 0.2) is 0 Å². The van der Waals surface area contributed by atoms with Crippen LogP contribution in [-0.4, -0.2) is 31.1 Å². The number of nitrogens with one attached hydrogen (secondary N) is 1. The Kier molecular flexibility index (Phi) is 4.99. The van der Waals surface area contributed by atoms with Gasteiger partial charge >= 0.3 is 0 Å². The van der Waals surface area contributed by atoms with Crippen molar-refractivity contribution in [3.8, 4) is 5.75 Å². The van der Waals surface area contributed by atoms with Crippen molar-refractivity contribution < 1.29 is 13.5 Å². The van der Waals surface area contributed by atoms with Crippen LogP contribution in [0.5, 0.6) is 5.75 Å². The number of para-hydroxylation sites is 1. The van der Waals surface area contributed by atoms with Gasteiger partial charge in [-0.15, -0.1) is 0 Å². The minimum Gasteiger partial charge on any atom is -0.507 e. The van der Waals surface area contributed by atoms with Gasteiger partial charge in [-0.25, -0.2) is 13.1 Å². The lowest BCUT2D eigenvalue weighted by Gasteiger charge is -2.35. The molecule has 20 heavy (non-hydrogen) atoms. The van der Waals surface area contributed by atoms with E-state index in [1.54, 1.807) is 23.9 Å². The summed E-state index contributed by atoms with van der Waals surface area (Å²) in [5.74, 6) is -0.207. The fourth-order valence-corrected chi connectivity index (χ4v) is 4.87. The number of phenols is 1. The molecule has 4 nitrogen and oxygen atoms in total. The average molecular weight is 315 g/mol. The van der Waals surface area contributed by atoms with Gasteiger partial charge in [0.2, 0.25) is 10.0 Å². The molecule has 1 aromatic rings. The van der Waals surface area contributed by atoms with Crippen molar-refractivity contribution >= 4 is 21.8 Å². The Labute approximate surface area is 125 Å². The van der Waals surface area contributed by atoms with Crippen LogP contribution >= 0.6 is 11.8 Å². The monoisotopic (exact) mass is 315 g/mol. The molecular weight excluding hydrogens is 294 g/mol. The first-order chi connectivity index (χ1) is 9.49. The van der Waals surface area contributed by atoms with Gasteiger partial charge in [-0.1, -0.05) is 31.4 Å². The summed E-state index contributed by atoms with van der Waals surface area (Å²) in [6, 6.07) is 6.03. The van der Waals surface area contributed by atoms with Crippen LogP contribution in [0.25, 0.3) is 0 Å². The Morgan fingerprint density at radius 1 is 1.25 bits per heavy atom. The van der Waals surface area contributed by atoms with Crippen molar-refractivity contribution in [1.29, 1.82) is 0 Å². The number of hydrogen-bond acceptors (Lipinski definition) is 4. The van der Waals surface area contributed by atoms with Crippen LogP contribution in [0.3, 0.4) is 0 Å². The van der Waals surface area contributed by atoms with Gasteiger partial charge in [-0.3, -0.25) is 0 Å². The second kappa shape index (κ2) is 6.37. The topological polar surface area (TPSA) is 66.4 Å². The first-order valence-corrected chi connectivity index (χ1v) is 9.53.